The van der Waals surface area contributed by atoms with Crippen LogP contribution in [0.25, 0.3) is 0 Å². The highest BCUT2D eigenvalue weighted by molar-refractivity contribution is 7.91. The van der Waals surface area contributed by atoms with Crippen molar-refractivity contribution >= 4 is 33.0 Å². The molecule has 0 unspecified atom stereocenters. The minimum absolute atomic E-state index is 0.160. The van der Waals surface area contributed by atoms with Crippen molar-refractivity contribution < 1.29 is 32.4 Å². The maximum absolute atomic E-state index is 13.1. The predicted molar refractivity (Wildman–Crippen MR) is 174 cm³/mol. The van der Waals surface area contributed by atoms with E-state index in [0.717, 1.165) is 5.56 Å². The first-order valence-electron chi connectivity index (χ1n) is 14.6. The molecule has 0 aliphatic carbocycles. The first-order chi connectivity index (χ1) is 22.2. The fourth-order valence-corrected chi connectivity index (χ4v) is 6.26. The Morgan fingerprint density at radius 3 is 2.26 bits per heavy atom. The molecular weight excluding hydrogens is 610 g/mol. The number of sulfone groups is 1. The molecule has 0 aromatic heterocycles. The van der Waals surface area contributed by atoms with Gasteiger partial charge in [-0.3, -0.25) is 14.9 Å². The highest BCUT2D eigenvalue weighted by Crippen LogP contribution is 2.25. The van der Waals surface area contributed by atoms with Crippen molar-refractivity contribution in [2.24, 2.45) is 0 Å². The monoisotopic (exact) mass is 645 g/mol. The summed E-state index contributed by atoms with van der Waals surface area (Å²) in [5.74, 6) is -0.232. The maximum Gasteiger partial charge on any atom is 0.328 e. The highest BCUT2D eigenvalue weighted by atomic mass is 32.2. The largest absolute Gasteiger partial charge is 0.492 e. The number of anilines is 1. The molecule has 0 bridgehead atoms. The van der Waals surface area contributed by atoms with Gasteiger partial charge in [0.25, 0.3) is 5.69 Å². The lowest BCUT2D eigenvalue weighted by molar-refractivity contribution is -0.387. The third-order valence-electron chi connectivity index (χ3n) is 7.10. The number of carbonyl (C=O) groups excluding carboxylic acids is 2. The van der Waals surface area contributed by atoms with Crippen LogP contribution in [0.5, 0.6) is 5.75 Å². The quantitative estimate of drug-likeness (QED) is 0.0535. The molecule has 0 fully saturated rings. The van der Waals surface area contributed by atoms with E-state index in [1.165, 1.54) is 31.4 Å². The second-order valence-electron chi connectivity index (χ2n) is 10.3. The molecule has 0 amide bonds. The van der Waals surface area contributed by atoms with Crippen molar-refractivity contribution in [1.82, 2.24) is 5.32 Å². The minimum atomic E-state index is -3.79. The Hall–Kier alpha value is -5.07. The van der Waals surface area contributed by atoms with Gasteiger partial charge < -0.3 is 20.1 Å². The highest BCUT2D eigenvalue weighted by Gasteiger charge is 2.25. The lowest BCUT2D eigenvalue weighted by Crippen LogP contribution is -2.33. The Balaban J connectivity index is 1.25. The number of methoxy groups -OCH3 is 1. The van der Waals surface area contributed by atoms with Crippen LogP contribution >= 0.6 is 0 Å². The predicted octanol–water partition coefficient (Wildman–Crippen LogP) is 4.85. The number of rotatable bonds is 17. The number of ether oxygens (including phenoxy) is 2. The van der Waals surface area contributed by atoms with Crippen LogP contribution in [0.15, 0.2) is 108 Å². The van der Waals surface area contributed by atoms with E-state index < -0.39 is 32.5 Å². The van der Waals surface area contributed by atoms with Crippen LogP contribution in [0.2, 0.25) is 0 Å². The van der Waals surface area contributed by atoms with Gasteiger partial charge in [-0.15, -0.1) is 0 Å². The van der Waals surface area contributed by atoms with Gasteiger partial charge in [0, 0.05) is 35.8 Å². The molecule has 4 aromatic carbocycles. The van der Waals surface area contributed by atoms with E-state index in [4.69, 9.17) is 9.47 Å². The van der Waals surface area contributed by atoms with Crippen molar-refractivity contribution in [2.45, 2.75) is 23.8 Å². The van der Waals surface area contributed by atoms with E-state index in [1.807, 2.05) is 18.2 Å². The average molecular weight is 646 g/mol. The van der Waals surface area contributed by atoms with Crippen LogP contribution in [-0.4, -0.2) is 63.7 Å². The Morgan fingerprint density at radius 1 is 0.870 bits per heavy atom. The molecule has 0 spiro atoms. The molecule has 11 nitrogen and oxygen atoms in total. The summed E-state index contributed by atoms with van der Waals surface area (Å²) >= 11 is 0. The van der Waals surface area contributed by atoms with Crippen molar-refractivity contribution in [1.29, 1.82) is 0 Å². The molecule has 4 aromatic rings. The standard InChI is InChI=1S/C34H35N3O8S/c1-44-34(39)30(36-29-13-6-5-12-28(29)33(38)26-10-3-2-4-11-26)24-25-16-18-27(19-17-25)45-22-21-35-20-9-23-46(42,43)32-15-8-7-14-31(32)37(40)41/h2-8,10-19,30,35-36H,9,20-24H2,1H3/t30-/m0/s1. The van der Waals surface area contributed by atoms with Gasteiger partial charge in [-0.2, -0.15) is 0 Å². The normalized spacial score (nSPS) is 11.8. The molecule has 240 valence electrons. The third kappa shape index (κ3) is 9.22. The number of nitro benzene ring substituents is 1. The van der Waals surface area contributed by atoms with Gasteiger partial charge in [0.15, 0.2) is 15.6 Å². The summed E-state index contributed by atoms with van der Waals surface area (Å²) in [5.41, 5.74) is 1.94. The summed E-state index contributed by atoms with van der Waals surface area (Å²) in [6, 6.07) is 27.8. The smallest absolute Gasteiger partial charge is 0.328 e. The summed E-state index contributed by atoms with van der Waals surface area (Å²) in [4.78, 5) is 36.0. The number of nitrogens with one attached hydrogen (secondary N) is 2. The van der Waals surface area contributed by atoms with Gasteiger partial charge in [-0.1, -0.05) is 66.7 Å². The third-order valence-corrected chi connectivity index (χ3v) is 8.94. The zero-order valence-electron chi connectivity index (χ0n) is 25.3. The second kappa shape index (κ2) is 16.3. The molecular formula is C34H35N3O8S. The zero-order valence-corrected chi connectivity index (χ0v) is 26.1. The number of nitrogens with zero attached hydrogens (tertiary/aromatic N) is 1. The van der Waals surface area contributed by atoms with E-state index in [1.54, 1.807) is 60.7 Å². The number of nitro groups is 1. The summed E-state index contributed by atoms with van der Waals surface area (Å²) in [7, 11) is -2.47. The number of ketones is 1. The maximum atomic E-state index is 13.1. The van der Waals surface area contributed by atoms with Crippen molar-refractivity contribution in [3.05, 3.63) is 130 Å². The molecule has 4 rings (SSSR count). The molecule has 0 aliphatic rings. The summed E-state index contributed by atoms with van der Waals surface area (Å²) in [6.07, 6.45) is 0.584. The van der Waals surface area contributed by atoms with E-state index in [-0.39, 0.29) is 22.9 Å². The first kappa shape index (κ1) is 33.8. The Kier molecular flexibility index (Phi) is 12.0. The molecule has 12 heteroatoms. The van der Waals surface area contributed by atoms with E-state index in [0.29, 0.717) is 48.7 Å². The average Bonchev–Trinajstić information content (AvgIpc) is 3.08. The van der Waals surface area contributed by atoms with Crippen LogP contribution in [0.3, 0.4) is 0 Å². The zero-order chi connectivity index (χ0) is 32.9. The van der Waals surface area contributed by atoms with Crippen LogP contribution in [0.4, 0.5) is 11.4 Å². The molecule has 0 aliphatic heterocycles. The van der Waals surface area contributed by atoms with Crippen molar-refractivity contribution in [3.63, 3.8) is 0 Å². The van der Waals surface area contributed by atoms with Crippen LogP contribution in [0.1, 0.15) is 27.9 Å². The van der Waals surface area contributed by atoms with Crippen LogP contribution < -0.4 is 15.4 Å². The Labute approximate surface area is 267 Å². The van der Waals surface area contributed by atoms with Gasteiger partial charge >= 0.3 is 5.97 Å². The summed E-state index contributed by atoms with van der Waals surface area (Å²) < 4.78 is 35.9. The van der Waals surface area contributed by atoms with Crippen molar-refractivity contribution in [3.8, 4) is 5.75 Å². The lowest BCUT2D eigenvalue weighted by atomic mass is 10.00. The van der Waals surface area contributed by atoms with E-state index >= 15 is 0 Å². The SMILES string of the molecule is COC(=O)[C@H](Cc1ccc(OCCNCCCS(=O)(=O)c2ccccc2[N+](=O)[O-])cc1)Nc1ccccc1C(=O)c1ccccc1. The second-order valence-corrected chi connectivity index (χ2v) is 12.4. The number of hydrogen-bond acceptors (Lipinski definition) is 10. The summed E-state index contributed by atoms with van der Waals surface area (Å²) in [6.45, 7) is 1.18. The Bertz CT molecular complexity index is 1750. The molecule has 0 radical (unpaired) electrons. The van der Waals surface area contributed by atoms with Gasteiger partial charge in [0.2, 0.25) is 0 Å². The molecule has 1 atom stereocenters. The number of hydrogen-bond donors (Lipinski definition) is 2. The van der Waals surface area contributed by atoms with E-state index in [9.17, 15) is 28.1 Å². The fraction of sp³-hybridized carbons (Fsp3) is 0.235. The number of benzene rings is 4. The molecule has 0 saturated carbocycles. The number of carbonyl (C=O) groups is 2. The van der Waals surface area contributed by atoms with Gasteiger partial charge in [0.05, 0.1) is 17.8 Å². The molecule has 0 heterocycles. The lowest BCUT2D eigenvalue weighted by Gasteiger charge is -2.20. The van der Waals surface area contributed by atoms with Gasteiger partial charge in [0.1, 0.15) is 23.3 Å². The topological polar surface area (TPSA) is 154 Å². The van der Waals surface area contributed by atoms with Crippen LogP contribution in [-0.2, 0) is 25.8 Å². The molecule has 46 heavy (non-hydrogen) atoms. The number of para-hydroxylation sites is 2. The Morgan fingerprint density at radius 2 is 1.54 bits per heavy atom. The van der Waals surface area contributed by atoms with Gasteiger partial charge in [-0.05, 0) is 48.9 Å². The van der Waals surface area contributed by atoms with Crippen molar-refractivity contribution in [2.75, 3.05) is 37.9 Å². The summed E-state index contributed by atoms with van der Waals surface area (Å²) in [5, 5.41) is 17.5. The van der Waals surface area contributed by atoms with Crippen LogP contribution in [0, 0.1) is 10.1 Å². The molecule has 0 saturated heterocycles. The fourth-order valence-electron chi connectivity index (χ4n) is 4.77. The van der Waals surface area contributed by atoms with Gasteiger partial charge in [-0.25, -0.2) is 13.2 Å². The first-order valence-corrected chi connectivity index (χ1v) is 16.3. The number of esters is 1. The van der Waals surface area contributed by atoms with E-state index in [2.05, 4.69) is 10.6 Å². The molecule has 2 N–H and O–H groups in total. The minimum Gasteiger partial charge on any atom is -0.492 e.